The van der Waals surface area contributed by atoms with Crippen molar-refractivity contribution in [1.29, 1.82) is 0 Å². The Hall–Kier alpha value is -2.71. The van der Waals surface area contributed by atoms with Crippen LogP contribution in [0.4, 0.5) is 13.2 Å². The standard InChI is InChI=1S/C28H32F3N3O2/c29-28(30,31)23-10-8-20(9-11-23)21-12-16-33(17-13-21)18-24(35)19-34-25(22-6-2-1-3-7-22)32-27(26(34)36)14-4-5-15-27/h1-3,6-11,21,24,35H,4-5,12-19H2. The zero-order chi connectivity index (χ0) is 25.3. The molecule has 2 heterocycles. The Kier molecular flexibility index (Phi) is 6.92. The van der Waals surface area contributed by atoms with Gasteiger partial charge in [0.25, 0.3) is 5.91 Å². The van der Waals surface area contributed by atoms with E-state index in [1.165, 1.54) is 0 Å². The molecular weight excluding hydrogens is 467 g/mol. The molecule has 3 aliphatic rings. The van der Waals surface area contributed by atoms with Gasteiger partial charge in [0, 0.05) is 12.1 Å². The van der Waals surface area contributed by atoms with Crippen molar-refractivity contribution in [3.63, 3.8) is 0 Å². The molecule has 8 heteroatoms. The van der Waals surface area contributed by atoms with Crippen LogP contribution in [0, 0.1) is 0 Å². The third-order valence-corrected chi connectivity index (χ3v) is 7.84. The molecule has 1 atom stereocenters. The van der Waals surface area contributed by atoms with E-state index in [0.29, 0.717) is 12.4 Å². The van der Waals surface area contributed by atoms with Crippen molar-refractivity contribution in [3.8, 4) is 0 Å². The largest absolute Gasteiger partial charge is 0.416 e. The van der Waals surface area contributed by atoms with E-state index in [4.69, 9.17) is 4.99 Å². The molecule has 0 bridgehead atoms. The first-order valence-corrected chi connectivity index (χ1v) is 12.8. The number of β-amino-alcohol motifs (C(OH)–C–C–N with tert-alkyl or cyclic N) is 1. The molecule has 192 valence electrons. The maximum absolute atomic E-state index is 13.4. The fraction of sp³-hybridized carbons (Fsp3) is 0.500. The Labute approximate surface area is 209 Å². The van der Waals surface area contributed by atoms with Crippen LogP contribution in [0.3, 0.4) is 0 Å². The van der Waals surface area contributed by atoms with Gasteiger partial charge in [-0.05, 0) is 62.4 Å². The first-order chi connectivity index (χ1) is 17.2. The highest BCUT2D eigenvalue weighted by atomic mass is 19.4. The summed E-state index contributed by atoms with van der Waals surface area (Å²) >= 11 is 0. The van der Waals surface area contributed by atoms with Gasteiger partial charge < -0.3 is 10.0 Å². The molecule has 1 saturated heterocycles. The molecule has 5 rings (SSSR count). The van der Waals surface area contributed by atoms with Crippen LogP contribution in [-0.2, 0) is 11.0 Å². The Bertz CT molecular complexity index is 1090. The number of hydrogen-bond donors (Lipinski definition) is 1. The van der Waals surface area contributed by atoms with Crippen molar-refractivity contribution in [1.82, 2.24) is 9.80 Å². The summed E-state index contributed by atoms with van der Waals surface area (Å²) in [4.78, 5) is 22.2. The maximum atomic E-state index is 13.4. The number of benzene rings is 2. The van der Waals surface area contributed by atoms with Gasteiger partial charge >= 0.3 is 6.18 Å². The number of nitrogens with zero attached hydrogens (tertiary/aromatic N) is 3. The molecule has 2 fully saturated rings. The molecule has 2 aromatic carbocycles. The van der Waals surface area contributed by atoms with Crippen molar-refractivity contribution >= 4 is 11.7 Å². The van der Waals surface area contributed by atoms with Crippen LogP contribution in [0.25, 0.3) is 0 Å². The summed E-state index contributed by atoms with van der Waals surface area (Å²) in [6.45, 7) is 2.15. The van der Waals surface area contributed by atoms with Crippen molar-refractivity contribution in [2.24, 2.45) is 4.99 Å². The minimum absolute atomic E-state index is 0.00100. The topological polar surface area (TPSA) is 56.1 Å². The number of aliphatic imine (C=N–C) groups is 1. The first-order valence-electron chi connectivity index (χ1n) is 12.8. The Morgan fingerprint density at radius 3 is 2.22 bits per heavy atom. The van der Waals surface area contributed by atoms with Gasteiger partial charge in [0.05, 0.1) is 18.2 Å². The summed E-state index contributed by atoms with van der Waals surface area (Å²) in [5, 5.41) is 11.0. The van der Waals surface area contributed by atoms with Crippen LogP contribution in [0.5, 0.6) is 0 Å². The summed E-state index contributed by atoms with van der Waals surface area (Å²) < 4.78 is 38.5. The smallest absolute Gasteiger partial charge is 0.390 e. The number of aliphatic hydroxyl groups excluding tert-OH is 1. The predicted molar refractivity (Wildman–Crippen MR) is 132 cm³/mol. The second-order valence-corrected chi connectivity index (χ2v) is 10.3. The number of halogens is 3. The Balaban J connectivity index is 1.19. The number of carbonyl (C=O) groups is 1. The number of piperidine rings is 1. The van der Waals surface area contributed by atoms with Gasteiger partial charge in [-0.3, -0.25) is 14.7 Å². The fourth-order valence-corrected chi connectivity index (χ4v) is 5.88. The van der Waals surface area contributed by atoms with Crippen molar-refractivity contribution in [3.05, 3.63) is 71.3 Å². The van der Waals surface area contributed by atoms with E-state index in [0.717, 1.165) is 74.9 Å². The molecule has 2 aliphatic heterocycles. The number of aliphatic hydroxyl groups is 1. The maximum Gasteiger partial charge on any atom is 0.416 e. The van der Waals surface area contributed by atoms with Gasteiger partial charge in [-0.15, -0.1) is 0 Å². The number of carbonyl (C=O) groups excluding carboxylic acids is 1. The average molecular weight is 500 g/mol. The van der Waals surface area contributed by atoms with Crippen molar-refractivity contribution < 1.29 is 23.1 Å². The molecule has 0 aromatic heterocycles. The van der Waals surface area contributed by atoms with Crippen molar-refractivity contribution in [2.75, 3.05) is 26.2 Å². The van der Waals surface area contributed by atoms with Gasteiger partial charge in [0.1, 0.15) is 11.4 Å². The summed E-state index contributed by atoms with van der Waals surface area (Å²) in [7, 11) is 0. The molecule has 1 N–H and O–H groups in total. The van der Waals surface area contributed by atoms with Crippen LogP contribution >= 0.6 is 0 Å². The fourth-order valence-electron chi connectivity index (χ4n) is 5.88. The first kappa shape index (κ1) is 25.0. The van der Waals surface area contributed by atoms with Gasteiger partial charge in [-0.1, -0.05) is 55.3 Å². The average Bonchev–Trinajstić information content (AvgIpc) is 3.46. The number of likely N-dealkylation sites (tertiary alicyclic amines) is 1. The lowest BCUT2D eigenvalue weighted by molar-refractivity contribution is -0.137. The van der Waals surface area contributed by atoms with Gasteiger partial charge in [-0.2, -0.15) is 13.2 Å². The third-order valence-electron chi connectivity index (χ3n) is 7.84. The van der Waals surface area contributed by atoms with E-state index in [2.05, 4.69) is 4.90 Å². The summed E-state index contributed by atoms with van der Waals surface area (Å²) in [6, 6.07) is 15.2. The molecular formula is C28H32F3N3O2. The molecule has 1 amide bonds. The quantitative estimate of drug-likeness (QED) is 0.619. The van der Waals surface area contributed by atoms with Crippen LogP contribution in [0.1, 0.15) is 61.1 Å². The van der Waals surface area contributed by atoms with E-state index in [1.54, 1.807) is 17.0 Å². The lowest BCUT2D eigenvalue weighted by atomic mass is 9.89. The second-order valence-electron chi connectivity index (χ2n) is 10.3. The van der Waals surface area contributed by atoms with Gasteiger partial charge in [0.2, 0.25) is 0 Å². The van der Waals surface area contributed by atoms with Crippen LogP contribution in [0.15, 0.2) is 59.6 Å². The molecule has 1 spiro atoms. The summed E-state index contributed by atoms with van der Waals surface area (Å²) in [5.41, 5.74) is 0.516. The second kappa shape index (κ2) is 9.98. The number of rotatable bonds is 6. The highest BCUT2D eigenvalue weighted by Crippen LogP contribution is 2.40. The minimum atomic E-state index is -4.32. The van der Waals surface area contributed by atoms with Crippen molar-refractivity contribution in [2.45, 2.75) is 62.3 Å². The molecule has 1 saturated carbocycles. The Morgan fingerprint density at radius 2 is 1.61 bits per heavy atom. The zero-order valence-electron chi connectivity index (χ0n) is 20.3. The highest BCUT2D eigenvalue weighted by molar-refractivity contribution is 6.15. The SMILES string of the molecule is O=C1N(CC(O)CN2CCC(c3ccc(C(F)(F)F)cc3)CC2)C(c2ccccc2)=NC12CCCC2. The summed E-state index contributed by atoms with van der Waals surface area (Å²) in [5.74, 6) is 0.862. The highest BCUT2D eigenvalue weighted by Gasteiger charge is 2.50. The molecule has 36 heavy (non-hydrogen) atoms. The van der Waals surface area contributed by atoms with Crippen LogP contribution in [-0.4, -0.2) is 64.5 Å². The number of alkyl halides is 3. The number of amides is 1. The molecule has 5 nitrogen and oxygen atoms in total. The van der Waals surface area contributed by atoms with E-state index >= 15 is 0 Å². The van der Waals surface area contributed by atoms with E-state index in [1.807, 2.05) is 30.3 Å². The summed E-state index contributed by atoms with van der Waals surface area (Å²) in [6.07, 6.45) is 0.0852. The molecule has 2 aromatic rings. The zero-order valence-corrected chi connectivity index (χ0v) is 20.3. The number of amidine groups is 1. The van der Waals surface area contributed by atoms with Gasteiger partial charge in [-0.25, -0.2) is 0 Å². The predicted octanol–water partition coefficient (Wildman–Crippen LogP) is 4.85. The minimum Gasteiger partial charge on any atom is -0.390 e. The van der Waals surface area contributed by atoms with E-state index in [9.17, 15) is 23.1 Å². The van der Waals surface area contributed by atoms with E-state index in [-0.39, 0.29) is 18.4 Å². The normalized spacial score (nSPS) is 21.8. The lowest BCUT2D eigenvalue weighted by Crippen LogP contribution is -2.48. The lowest BCUT2D eigenvalue weighted by Gasteiger charge is -2.34. The third kappa shape index (κ3) is 5.06. The molecule has 1 unspecified atom stereocenters. The van der Waals surface area contributed by atoms with Gasteiger partial charge in [0.15, 0.2) is 0 Å². The number of hydrogen-bond acceptors (Lipinski definition) is 4. The Morgan fingerprint density at radius 1 is 0.972 bits per heavy atom. The monoisotopic (exact) mass is 499 g/mol. The van der Waals surface area contributed by atoms with E-state index < -0.39 is 23.4 Å². The van der Waals surface area contributed by atoms with Crippen LogP contribution in [0.2, 0.25) is 0 Å². The molecule has 1 aliphatic carbocycles. The molecule has 0 radical (unpaired) electrons. The van der Waals surface area contributed by atoms with Crippen LogP contribution < -0.4 is 0 Å².